The van der Waals surface area contributed by atoms with Crippen LogP contribution in [0.4, 0.5) is 24.5 Å². The molecule has 0 saturated heterocycles. The third kappa shape index (κ3) is 5.65. The predicted octanol–water partition coefficient (Wildman–Crippen LogP) is 5.83. The monoisotopic (exact) mass is 512 g/mol. The summed E-state index contributed by atoms with van der Waals surface area (Å²) >= 11 is 3.23. The van der Waals surface area contributed by atoms with E-state index in [1.165, 1.54) is 24.3 Å². The number of halogens is 4. The molecule has 3 rings (SSSR count). The van der Waals surface area contributed by atoms with Crippen molar-refractivity contribution in [2.75, 3.05) is 10.0 Å². The zero-order chi connectivity index (χ0) is 22.8. The highest BCUT2D eigenvalue weighted by atomic mass is 79.9. The van der Waals surface area contributed by atoms with Crippen LogP contribution in [0.25, 0.3) is 0 Å². The molecule has 31 heavy (non-hydrogen) atoms. The van der Waals surface area contributed by atoms with Gasteiger partial charge < -0.3 is 5.32 Å². The minimum Gasteiger partial charge on any atom is -0.322 e. The molecule has 0 aliphatic carbocycles. The first kappa shape index (κ1) is 22.8. The van der Waals surface area contributed by atoms with Gasteiger partial charge in [0.25, 0.3) is 15.9 Å². The number of nitrogens with one attached hydrogen (secondary N) is 2. The van der Waals surface area contributed by atoms with Gasteiger partial charge in [-0.3, -0.25) is 9.52 Å². The Labute approximate surface area is 185 Å². The molecule has 3 aromatic carbocycles. The maximum Gasteiger partial charge on any atom is 0.416 e. The summed E-state index contributed by atoms with van der Waals surface area (Å²) in [5.74, 6) is -0.692. The van der Waals surface area contributed by atoms with E-state index in [9.17, 15) is 26.4 Å². The zero-order valence-electron chi connectivity index (χ0n) is 16.0. The second-order valence-electron chi connectivity index (χ2n) is 6.64. The second kappa shape index (κ2) is 8.72. The molecule has 0 unspecified atom stereocenters. The van der Waals surface area contributed by atoms with Crippen LogP contribution in [-0.4, -0.2) is 14.3 Å². The van der Waals surface area contributed by atoms with Crippen molar-refractivity contribution in [1.29, 1.82) is 0 Å². The Morgan fingerprint density at radius 3 is 2.13 bits per heavy atom. The van der Waals surface area contributed by atoms with Crippen molar-refractivity contribution in [3.05, 3.63) is 87.9 Å². The SMILES string of the molecule is Cc1ccc(S(=O)(=O)Nc2ccc(Br)cc2C(=O)Nc2ccc(C(F)(F)F)cc2)cc1. The average molecular weight is 513 g/mol. The van der Waals surface area contributed by atoms with Gasteiger partial charge in [-0.1, -0.05) is 33.6 Å². The van der Waals surface area contributed by atoms with Gasteiger partial charge in [0.1, 0.15) is 0 Å². The molecule has 0 atom stereocenters. The maximum atomic E-state index is 12.7. The quantitative estimate of drug-likeness (QED) is 0.451. The lowest BCUT2D eigenvalue weighted by Gasteiger charge is -2.14. The summed E-state index contributed by atoms with van der Waals surface area (Å²) in [4.78, 5) is 12.8. The largest absolute Gasteiger partial charge is 0.416 e. The van der Waals surface area contributed by atoms with E-state index in [0.29, 0.717) is 4.47 Å². The van der Waals surface area contributed by atoms with Crippen molar-refractivity contribution in [2.45, 2.75) is 18.0 Å². The molecule has 0 bridgehead atoms. The van der Waals surface area contributed by atoms with Gasteiger partial charge in [-0.15, -0.1) is 0 Å². The van der Waals surface area contributed by atoms with Crippen molar-refractivity contribution in [2.24, 2.45) is 0 Å². The van der Waals surface area contributed by atoms with Crippen molar-refractivity contribution in [3.8, 4) is 0 Å². The van der Waals surface area contributed by atoms with E-state index in [0.717, 1.165) is 29.8 Å². The fraction of sp³-hybridized carbons (Fsp3) is 0.0952. The number of sulfonamides is 1. The van der Waals surface area contributed by atoms with E-state index in [1.54, 1.807) is 18.2 Å². The fourth-order valence-corrected chi connectivity index (χ4v) is 4.10. The van der Waals surface area contributed by atoms with E-state index >= 15 is 0 Å². The average Bonchev–Trinajstić information content (AvgIpc) is 2.69. The molecule has 0 aliphatic rings. The number of amides is 1. The molecule has 0 aromatic heterocycles. The predicted molar refractivity (Wildman–Crippen MR) is 116 cm³/mol. The molecule has 0 aliphatic heterocycles. The summed E-state index contributed by atoms with van der Waals surface area (Å²) in [7, 11) is -3.96. The van der Waals surface area contributed by atoms with Crippen LogP contribution in [0.5, 0.6) is 0 Å². The first-order chi connectivity index (χ1) is 14.5. The molecule has 1 amide bonds. The Kier molecular flexibility index (Phi) is 6.42. The highest BCUT2D eigenvalue weighted by Crippen LogP contribution is 2.30. The van der Waals surface area contributed by atoms with Gasteiger partial charge in [0, 0.05) is 10.2 Å². The first-order valence-corrected chi connectivity index (χ1v) is 11.1. The molecule has 0 spiro atoms. The van der Waals surface area contributed by atoms with E-state index in [-0.39, 0.29) is 21.8 Å². The third-order valence-corrected chi connectivity index (χ3v) is 6.15. The lowest BCUT2D eigenvalue weighted by atomic mass is 10.1. The molecule has 10 heteroatoms. The number of rotatable bonds is 5. The van der Waals surface area contributed by atoms with Crippen molar-refractivity contribution < 1.29 is 26.4 Å². The number of anilines is 2. The van der Waals surface area contributed by atoms with E-state index in [4.69, 9.17) is 0 Å². The summed E-state index contributed by atoms with van der Waals surface area (Å²) < 4.78 is 66.4. The van der Waals surface area contributed by atoms with Crippen LogP contribution in [-0.2, 0) is 16.2 Å². The topological polar surface area (TPSA) is 75.3 Å². The van der Waals surface area contributed by atoms with Gasteiger partial charge in [0.2, 0.25) is 0 Å². The number of carbonyl (C=O) groups excluding carboxylic acids is 1. The Balaban J connectivity index is 1.87. The Morgan fingerprint density at radius 2 is 1.55 bits per heavy atom. The summed E-state index contributed by atoms with van der Waals surface area (Å²) in [5, 5.41) is 2.48. The van der Waals surface area contributed by atoms with E-state index in [1.807, 2.05) is 6.92 Å². The van der Waals surface area contributed by atoms with Crippen LogP contribution in [0.2, 0.25) is 0 Å². The minimum atomic E-state index is -4.49. The molecule has 162 valence electrons. The number of hydrogen-bond acceptors (Lipinski definition) is 3. The lowest BCUT2D eigenvalue weighted by molar-refractivity contribution is -0.137. The van der Waals surface area contributed by atoms with E-state index in [2.05, 4.69) is 26.0 Å². The van der Waals surface area contributed by atoms with Crippen molar-refractivity contribution in [1.82, 2.24) is 0 Å². The molecule has 2 N–H and O–H groups in total. The summed E-state index contributed by atoms with van der Waals surface area (Å²) in [5.41, 5.74) is 0.183. The van der Waals surface area contributed by atoms with Crippen molar-refractivity contribution >= 4 is 43.2 Å². The molecule has 0 radical (unpaired) electrons. The Morgan fingerprint density at radius 1 is 0.935 bits per heavy atom. The van der Waals surface area contributed by atoms with Crippen LogP contribution < -0.4 is 10.0 Å². The number of hydrogen-bond donors (Lipinski definition) is 2. The minimum absolute atomic E-state index is 0.00930. The first-order valence-electron chi connectivity index (χ1n) is 8.83. The Bertz CT molecular complexity index is 1210. The van der Waals surface area contributed by atoms with Crippen LogP contribution >= 0.6 is 15.9 Å². The summed E-state index contributed by atoms with van der Waals surface area (Å²) in [6.45, 7) is 1.82. The van der Waals surface area contributed by atoms with Gasteiger partial charge in [-0.2, -0.15) is 13.2 Å². The van der Waals surface area contributed by atoms with Crippen LogP contribution in [0.3, 0.4) is 0 Å². The summed E-state index contributed by atoms with van der Waals surface area (Å²) in [6.07, 6.45) is -4.49. The highest BCUT2D eigenvalue weighted by Gasteiger charge is 2.30. The molecular formula is C21H16BrF3N2O3S. The van der Waals surface area contributed by atoms with Crippen LogP contribution in [0.15, 0.2) is 76.1 Å². The molecule has 5 nitrogen and oxygen atoms in total. The van der Waals surface area contributed by atoms with Crippen molar-refractivity contribution in [3.63, 3.8) is 0 Å². The molecule has 0 saturated carbocycles. The van der Waals surface area contributed by atoms with Crippen LogP contribution in [0, 0.1) is 6.92 Å². The summed E-state index contributed by atoms with van der Waals surface area (Å²) in [6, 6.07) is 14.5. The third-order valence-electron chi connectivity index (χ3n) is 4.27. The normalized spacial score (nSPS) is 11.8. The maximum absolute atomic E-state index is 12.7. The lowest BCUT2D eigenvalue weighted by Crippen LogP contribution is -2.19. The van der Waals surface area contributed by atoms with Gasteiger partial charge in [-0.25, -0.2) is 8.42 Å². The number of aryl methyl sites for hydroxylation is 1. The molecule has 0 heterocycles. The molecule has 3 aromatic rings. The van der Waals surface area contributed by atoms with Gasteiger partial charge in [0.05, 0.1) is 21.7 Å². The van der Waals surface area contributed by atoms with E-state index < -0.39 is 27.7 Å². The van der Waals surface area contributed by atoms with Crippen LogP contribution in [0.1, 0.15) is 21.5 Å². The fourth-order valence-electron chi connectivity index (χ4n) is 2.66. The van der Waals surface area contributed by atoms with Gasteiger partial charge in [-0.05, 0) is 61.5 Å². The molecular weight excluding hydrogens is 497 g/mol. The number of alkyl halides is 3. The zero-order valence-corrected chi connectivity index (χ0v) is 18.4. The van der Waals surface area contributed by atoms with Gasteiger partial charge >= 0.3 is 6.18 Å². The standard InChI is InChI=1S/C21H16BrF3N2O3S/c1-13-2-9-17(10-3-13)31(29,30)27-19-11-6-15(22)12-18(19)20(28)26-16-7-4-14(5-8-16)21(23,24)25/h2-12,27H,1H3,(H,26,28). The smallest absolute Gasteiger partial charge is 0.322 e. The Hall–Kier alpha value is -2.85. The number of carbonyl (C=O) groups is 1. The second-order valence-corrected chi connectivity index (χ2v) is 9.24. The number of benzene rings is 3. The van der Waals surface area contributed by atoms with Gasteiger partial charge in [0.15, 0.2) is 0 Å². The molecule has 0 fully saturated rings. The highest BCUT2D eigenvalue weighted by molar-refractivity contribution is 9.10.